The van der Waals surface area contributed by atoms with Gasteiger partial charge in [-0.15, -0.1) is 0 Å². The molecule has 1 N–H and O–H groups in total. The number of carbonyl (C=O) groups is 1. The molecule has 1 fully saturated rings. The Labute approximate surface area is 88.5 Å². The van der Waals surface area contributed by atoms with Crippen LogP contribution in [0.4, 0.5) is 0 Å². The van der Waals surface area contributed by atoms with Crippen LogP contribution in [0.3, 0.4) is 0 Å². The van der Waals surface area contributed by atoms with Gasteiger partial charge in [0.2, 0.25) is 0 Å². The van der Waals surface area contributed by atoms with Gasteiger partial charge in [-0.1, -0.05) is 0 Å². The summed E-state index contributed by atoms with van der Waals surface area (Å²) in [5.74, 6) is 0.0949. The molecule has 0 bridgehead atoms. The number of ketones is 1. The number of nitrogens with one attached hydrogen (secondary N) is 1. The first-order valence-corrected chi connectivity index (χ1v) is 5.07. The third-order valence-corrected chi connectivity index (χ3v) is 2.46. The van der Waals surface area contributed by atoms with E-state index in [-0.39, 0.29) is 5.78 Å². The lowest BCUT2D eigenvalue weighted by molar-refractivity contribution is 0.0921. The zero-order valence-electron chi connectivity index (χ0n) is 8.52. The highest BCUT2D eigenvalue weighted by Gasteiger charge is 2.14. The molecule has 1 saturated heterocycles. The second-order valence-corrected chi connectivity index (χ2v) is 3.58. The Balaban J connectivity index is 1.91. The molecule has 1 aliphatic rings. The van der Waals surface area contributed by atoms with Crippen LogP contribution in [0.2, 0.25) is 0 Å². The van der Waals surface area contributed by atoms with Crippen molar-refractivity contribution in [2.24, 2.45) is 0 Å². The molecule has 0 radical (unpaired) electrons. The first kappa shape index (κ1) is 10.2. The molecule has 1 aliphatic heterocycles. The van der Waals surface area contributed by atoms with Crippen LogP contribution in [-0.4, -0.2) is 53.4 Å². The monoisotopic (exact) mass is 206 g/mol. The number of hydrogen-bond acceptors (Lipinski definition) is 5. The van der Waals surface area contributed by atoms with E-state index in [1.54, 1.807) is 12.4 Å². The molecule has 1 aromatic heterocycles. The molecule has 0 aromatic carbocycles. The highest BCUT2D eigenvalue weighted by molar-refractivity contribution is 5.97. The van der Waals surface area contributed by atoms with Gasteiger partial charge in [0.15, 0.2) is 5.78 Å². The molecule has 0 spiro atoms. The van der Waals surface area contributed by atoms with Crippen LogP contribution in [0.5, 0.6) is 0 Å². The minimum atomic E-state index is 0.0949. The lowest BCUT2D eigenvalue weighted by atomic mass is 10.2. The van der Waals surface area contributed by atoms with Gasteiger partial charge in [0.05, 0.1) is 12.1 Å². The largest absolute Gasteiger partial charge is 0.314 e. The molecule has 0 saturated carbocycles. The molecule has 5 nitrogen and oxygen atoms in total. The fraction of sp³-hybridized carbons (Fsp3) is 0.500. The van der Waals surface area contributed by atoms with E-state index >= 15 is 0 Å². The third-order valence-electron chi connectivity index (χ3n) is 2.46. The van der Waals surface area contributed by atoms with E-state index in [1.165, 1.54) is 6.33 Å². The summed E-state index contributed by atoms with van der Waals surface area (Å²) in [7, 11) is 0. The number of aromatic nitrogens is 2. The molecular weight excluding hydrogens is 192 g/mol. The van der Waals surface area contributed by atoms with Gasteiger partial charge in [-0.25, -0.2) is 9.97 Å². The van der Waals surface area contributed by atoms with Crippen molar-refractivity contribution in [1.82, 2.24) is 20.2 Å². The number of Topliss-reactive ketones (excluding diaryl/α,β-unsaturated/α-hetero) is 1. The summed E-state index contributed by atoms with van der Waals surface area (Å²) in [6, 6.07) is 0. The maximum absolute atomic E-state index is 11.8. The fourth-order valence-electron chi connectivity index (χ4n) is 1.61. The Bertz CT molecular complexity index is 321. The number of nitrogens with zero attached hydrogens (tertiary/aromatic N) is 3. The van der Waals surface area contributed by atoms with Gasteiger partial charge in [-0.05, 0) is 0 Å². The Kier molecular flexibility index (Phi) is 3.37. The molecule has 5 heteroatoms. The maximum atomic E-state index is 11.8. The molecule has 2 rings (SSSR count). The average Bonchev–Trinajstić information content (AvgIpc) is 2.31. The van der Waals surface area contributed by atoms with Crippen molar-refractivity contribution in [2.75, 3.05) is 32.7 Å². The van der Waals surface area contributed by atoms with Crippen molar-refractivity contribution in [3.05, 3.63) is 24.3 Å². The van der Waals surface area contributed by atoms with Crippen LogP contribution in [-0.2, 0) is 0 Å². The van der Waals surface area contributed by atoms with Gasteiger partial charge in [0.1, 0.15) is 6.33 Å². The van der Waals surface area contributed by atoms with E-state index in [2.05, 4.69) is 20.2 Å². The van der Waals surface area contributed by atoms with Gasteiger partial charge < -0.3 is 5.32 Å². The summed E-state index contributed by atoms with van der Waals surface area (Å²) >= 11 is 0. The molecule has 0 atom stereocenters. The number of hydrogen-bond donors (Lipinski definition) is 1. The molecule has 0 amide bonds. The average molecular weight is 206 g/mol. The summed E-state index contributed by atoms with van der Waals surface area (Å²) in [6.07, 6.45) is 4.57. The lowest BCUT2D eigenvalue weighted by Gasteiger charge is -2.26. The van der Waals surface area contributed by atoms with Crippen LogP contribution < -0.4 is 5.32 Å². The Hall–Kier alpha value is -1.33. The van der Waals surface area contributed by atoms with Crippen LogP contribution in [0.25, 0.3) is 0 Å². The number of rotatable bonds is 3. The van der Waals surface area contributed by atoms with E-state index in [0.29, 0.717) is 12.1 Å². The molecule has 15 heavy (non-hydrogen) atoms. The zero-order chi connectivity index (χ0) is 10.5. The van der Waals surface area contributed by atoms with Crippen LogP contribution in [0.15, 0.2) is 18.7 Å². The zero-order valence-corrected chi connectivity index (χ0v) is 8.52. The third kappa shape index (κ3) is 2.81. The van der Waals surface area contributed by atoms with E-state index in [0.717, 1.165) is 26.2 Å². The summed E-state index contributed by atoms with van der Waals surface area (Å²) in [5.41, 5.74) is 0.594. The molecule has 1 aromatic rings. The first-order valence-electron chi connectivity index (χ1n) is 5.07. The summed E-state index contributed by atoms with van der Waals surface area (Å²) in [4.78, 5) is 21.6. The SMILES string of the molecule is O=C(CN1CCNCC1)c1cncnc1. The molecule has 80 valence electrons. The summed E-state index contributed by atoms with van der Waals surface area (Å²) in [5, 5.41) is 3.25. The molecule has 0 unspecified atom stereocenters. The standard InChI is InChI=1S/C10H14N4O/c15-10(9-5-12-8-13-6-9)7-14-3-1-11-2-4-14/h5-6,8,11H,1-4,7H2. The minimum absolute atomic E-state index is 0.0949. The second-order valence-electron chi connectivity index (χ2n) is 3.58. The van der Waals surface area contributed by atoms with E-state index in [4.69, 9.17) is 0 Å². The normalized spacial score (nSPS) is 17.6. The van der Waals surface area contributed by atoms with Gasteiger partial charge >= 0.3 is 0 Å². The molecule has 0 aliphatic carbocycles. The Morgan fingerprint density at radius 1 is 1.33 bits per heavy atom. The van der Waals surface area contributed by atoms with Crippen molar-refractivity contribution in [3.63, 3.8) is 0 Å². The van der Waals surface area contributed by atoms with Crippen LogP contribution in [0.1, 0.15) is 10.4 Å². The predicted octanol–water partition coefficient (Wildman–Crippen LogP) is -0.435. The van der Waals surface area contributed by atoms with Crippen LogP contribution >= 0.6 is 0 Å². The fourth-order valence-corrected chi connectivity index (χ4v) is 1.61. The lowest BCUT2D eigenvalue weighted by Crippen LogP contribution is -2.45. The molecular formula is C10H14N4O. The Morgan fingerprint density at radius 2 is 2.00 bits per heavy atom. The minimum Gasteiger partial charge on any atom is -0.314 e. The van der Waals surface area contributed by atoms with E-state index < -0.39 is 0 Å². The van der Waals surface area contributed by atoms with E-state index in [9.17, 15) is 4.79 Å². The van der Waals surface area contributed by atoms with Crippen molar-refractivity contribution >= 4 is 5.78 Å². The van der Waals surface area contributed by atoms with Gasteiger partial charge in [0, 0.05) is 38.6 Å². The summed E-state index contributed by atoms with van der Waals surface area (Å²) in [6.45, 7) is 4.24. The number of carbonyl (C=O) groups excluding carboxylic acids is 1. The van der Waals surface area contributed by atoms with Gasteiger partial charge in [0.25, 0.3) is 0 Å². The van der Waals surface area contributed by atoms with Gasteiger partial charge in [-0.3, -0.25) is 9.69 Å². The topological polar surface area (TPSA) is 58.1 Å². The summed E-state index contributed by atoms with van der Waals surface area (Å²) < 4.78 is 0. The van der Waals surface area contributed by atoms with Crippen LogP contribution in [0, 0.1) is 0 Å². The second kappa shape index (κ2) is 4.95. The highest BCUT2D eigenvalue weighted by Crippen LogP contribution is 1.99. The van der Waals surface area contributed by atoms with Crippen molar-refractivity contribution < 1.29 is 4.79 Å². The smallest absolute Gasteiger partial charge is 0.179 e. The van der Waals surface area contributed by atoms with Crippen molar-refractivity contribution in [2.45, 2.75) is 0 Å². The quantitative estimate of drug-likeness (QED) is 0.680. The van der Waals surface area contributed by atoms with E-state index in [1.807, 2.05) is 0 Å². The molecule has 2 heterocycles. The Morgan fingerprint density at radius 3 is 2.67 bits per heavy atom. The predicted molar refractivity (Wildman–Crippen MR) is 55.7 cm³/mol. The first-order chi connectivity index (χ1) is 7.36. The van der Waals surface area contributed by atoms with Gasteiger partial charge in [-0.2, -0.15) is 0 Å². The number of piperazine rings is 1. The highest BCUT2D eigenvalue weighted by atomic mass is 16.1. The van der Waals surface area contributed by atoms with Crippen molar-refractivity contribution in [1.29, 1.82) is 0 Å². The maximum Gasteiger partial charge on any atom is 0.179 e. The van der Waals surface area contributed by atoms with Crippen molar-refractivity contribution in [3.8, 4) is 0 Å².